The molecule has 1 aliphatic rings. The maximum atomic E-state index is 6.06. The van der Waals surface area contributed by atoms with Crippen LogP contribution < -0.4 is 4.74 Å². The van der Waals surface area contributed by atoms with E-state index in [1.165, 1.54) is 44.1 Å². The van der Waals surface area contributed by atoms with E-state index in [0.29, 0.717) is 6.10 Å². The first kappa shape index (κ1) is 13.6. The number of ether oxygens (including phenoxy) is 1. The third-order valence-corrected chi connectivity index (χ3v) is 4.70. The van der Waals surface area contributed by atoms with Gasteiger partial charge in [0, 0.05) is 18.0 Å². The van der Waals surface area contributed by atoms with Crippen molar-refractivity contribution in [2.24, 2.45) is 0 Å². The molecule has 1 fully saturated rings. The Bertz CT molecular complexity index is 559. The van der Waals surface area contributed by atoms with Gasteiger partial charge in [0.2, 0.25) is 5.88 Å². The Morgan fingerprint density at radius 1 is 1.20 bits per heavy atom. The fraction of sp³-hybridized carbons (Fsp3) is 0.500. The lowest BCUT2D eigenvalue weighted by Crippen LogP contribution is -2.15. The van der Waals surface area contributed by atoms with Gasteiger partial charge in [0.05, 0.1) is 5.38 Å². The average molecular weight is 288 g/mol. The van der Waals surface area contributed by atoms with E-state index in [-0.39, 0.29) is 0 Å². The monoisotopic (exact) mass is 288 g/mol. The summed E-state index contributed by atoms with van der Waals surface area (Å²) in [5.41, 5.74) is 2.31. The van der Waals surface area contributed by atoms with E-state index in [1.807, 2.05) is 23.8 Å². The molecule has 3 rings (SSSR count). The number of nitrogens with zero attached hydrogens (tertiary/aromatic N) is 2. The zero-order chi connectivity index (χ0) is 13.8. The predicted molar refractivity (Wildman–Crippen MR) is 82.2 cm³/mol. The molecule has 0 aliphatic heterocycles. The van der Waals surface area contributed by atoms with Crippen LogP contribution in [0.5, 0.6) is 5.88 Å². The van der Waals surface area contributed by atoms with Gasteiger partial charge in [-0.3, -0.25) is 4.98 Å². The van der Waals surface area contributed by atoms with Crippen molar-refractivity contribution in [1.82, 2.24) is 9.97 Å². The maximum Gasteiger partial charge on any atom is 0.225 e. The maximum absolute atomic E-state index is 6.06. The van der Waals surface area contributed by atoms with Crippen LogP contribution in [-0.4, -0.2) is 16.1 Å². The van der Waals surface area contributed by atoms with Gasteiger partial charge in [-0.15, -0.1) is 11.3 Å². The molecule has 0 amide bonds. The fourth-order valence-electron chi connectivity index (χ4n) is 2.66. The molecule has 106 valence electrons. The van der Waals surface area contributed by atoms with Crippen LogP contribution in [0.4, 0.5) is 0 Å². The number of rotatable bonds is 3. The number of pyridine rings is 1. The molecule has 0 saturated heterocycles. The summed E-state index contributed by atoms with van der Waals surface area (Å²) < 4.78 is 6.06. The van der Waals surface area contributed by atoms with Gasteiger partial charge in [0.25, 0.3) is 0 Å². The first-order valence-electron chi connectivity index (χ1n) is 7.36. The number of hydrogen-bond acceptors (Lipinski definition) is 4. The highest BCUT2D eigenvalue weighted by molar-refractivity contribution is 7.13. The minimum absolute atomic E-state index is 0.349. The minimum atomic E-state index is 0.349. The van der Waals surface area contributed by atoms with Crippen LogP contribution in [0.15, 0.2) is 23.8 Å². The molecule has 0 aromatic carbocycles. The van der Waals surface area contributed by atoms with E-state index < -0.39 is 0 Å². The van der Waals surface area contributed by atoms with Crippen molar-refractivity contribution in [1.29, 1.82) is 0 Å². The van der Waals surface area contributed by atoms with E-state index in [1.54, 1.807) is 11.3 Å². The third-order valence-electron chi connectivity index (χ3n) is 3.84. The highest BCUT2D eigenvalue weighted by Crippen LogP contribution is 2.30. The molecule has 4 heteroatoms. The highest BCUT2D eigenvalue weighted by atomic mass is 32.1. The second-order valence-corrected chi connectivity index (χ2v) is 6.27. The Kier molecular flexibility index (Phi) is 4.31. The standard InChI is InChI=1S/C16H20N2OS/c1-12-8-9-17-10-14(12)16-18-15(11-20-16)19-13-6-4-2-3-5-7-13/h8-11,13H,2-7H2,1H3. The average Bonchev–Trinajstić information content (AvgIpc) is 2.75. The minimum Gasteiger partial charge on any atom is -0.474 e. The van der Waals surface area contributed by atoms with Crippen LogP contribution in [0.25, 0.3) is 10.6 Å². The zero-order valence-corrected chi connectivity index (χ0v) is 12.7. The molecule has 2 aromatic heterocycles. The molecule has 2 aromatic rings. The molecule has 1 saturated carbocycles. The summed E-state index contributed by atoms with van der Waals surface area (Å²) in [5.74, 6) is 0.778. The summed E-state index contributed by atoms with van der Waals surface area (Å²) in [7, 11) is 0. The Hall–Kier alpha value is -1.42. The van der Waals surface area contributed by atoms with Gasteiger partial charge < -0.3 is 4.74 Å². The Balaban J connectivity index is 1.72. The zero-order valence-electron chi connectivity index (χ0n) is 11.8. The molecule has 20 heavy (non-hydrogen) atoms. The van der Waals surface area contributed by atoms with Gasteiger partial charge >= 0.3 is 0 Å². The predicted octanol–water partition coefficient (Wildman–Crippen LogP) is 4.62. The van der Waals surface area contributed by atoms with Crippen LogP contribution in [-0.2, 0) is 0 Å². The van der Waals surface area contributed by atoms with Crippen LogP contribution in [0.1, 0.15) is 44.1 Å². The first-order chi connectivity index (χ1) is 9.83. The summed E-state index contributed by atoms with van der Waals surface area (Å²) in [4.78, 5) is 8.81. The van der Waals surface area contributed by atoms with Crippen LogP contribution in [0.3, 0.4) is 0 Å². The van der Waals surface area contributed by atoms with E-state index in [9.17, 15) is 0 Å². The lowest BCUT2D eigenvalue weighted by molar-refractivity contribution is 0.177. The Morgan fingerprint density at radius 3 is 2.75 bits per heavy atom. The van der Waals surface area contributed by atoms with Crippen molar-refractivity contribution >= 4 is 11.3 Å². The normalized spacial score (nSPS) is 16.9. The molecule has 0 N–H and O–H groups in total. The SMILES string of the molecule is Cc1ccncc1-c1nc(OC2CCCCCC2)cs1. The second kappa shape index (κ2) is 6.35. The fourth-order valence-corrected chi connectivity index (χ4v) is 3.46. The smallest absolute Gasteiger partial charge is 0.225 e. The molecule has 0 unspecified atom stereocenters. The molecule has 0 spiro atoms. The van der Waals surface area contributed by atoms with Gasteiger partial charge in [-0.2, -0.15) is 0 Å². The van der Waals surface area contributed by atoms with Gasteiger partial charge in [0.1, 0.15) is 11.1 Å². The Morgan fingerprint density at radius 2 is 2.00 bits per heavy atom. The van der Waals surface area contributed by atoms with Crippen molar-refractivity contribution < 1.29 is 4.74 Å². The van der Waals surface area contributed by atoms with Gasteiger partial charge in [-0.05, 0) is 44.2 Å². The molecular weight excluding hydrogens is 268 g/mol. The first-order valence-corrected chi connectivity index (χ1v) is 8.24. The largest absolute Gasteiger partial charge is 0.474 e. The van der Waals surface area contributed by atoms with E-state index in [2.05, 4.69) is 16.9 Å². The number of hydrogen-bond donors (Lipinski definition) is 0. The van der Waals surface area contributed by atoms with Gasteiger partial charge in [0.15, 0.2) is 0 Å². The summed E-state index contributed by atoms with van der Waals surface area (Å²) in [6, 6.07) is 2.02. The van der Waals surface area contributed by atoms with Crippen molar-refractivity contribution in [3.05, 3.63) is 29.4 Å². The van der Waals surface area contributed by atoms with E-state index in [4.69, 9.17) is 4.74 Å². The molecule has 2 heterocycles. The molecular formula is C16H20N2OS. The Labute approximate surface area is 124 Å². The third kappa shape index (κ3) is 3.18. The van der Waals surface area contributed by atoms with Crippen molar-refractivity contribution in [2.75, 3.05) is 0 Å². The van der Waals surface area contributed by atoms with Gasteiger partial charge in [-0.25, -0.2) is 4.98 Å². The molecule has 0 atom stereocenters. The summed E-state index contributed by atoms with van der Waals surface area (Å²) in [6.45, 7) is 2.09. The molecule has 1 aliphatic carbocycles. The molecule has 0 bridgehead atoms. The van der Waals surface area contributed by atoms with Crippen molar-refractivity contribution in [3.63, 3.8) is 0 Å². The quantitative estimate of drug-likeness (QED) is 0.773. The van der Waals surface area contributed by atoms with Crippen molar-refractivity contribution in [2.45, 2.75) is 51.6 Å². The highest BCUT2D eigenvalue weighted by Gasteiger charge is 2.16. The van der Waals surface area contributed by atoms with Gasteiger partial charge in [-0.1, -0.05) is 12.8 Å². The number of aromatic nitrogens is 2. The lowest BCUT2D eigenvalue weighted by Gasteiger charge is -2.14. The van der Waals surface area contributed by atoms with E-state index >= 15 is 0 Å². The van der Waals surface area contributed by atoms with Crippen LogP contribution in [0.2, 0.25) is 0 Å². The van der Waals surface area contributed by atoms with E-state index in [0.717, 1.165) is 16.5 Å². The molecule has 3 nitrogen and oxygen atoms in total. The van der Waals surface area contributed by atoms with Crippen molar-refractivity contribution in [3.8, 4) is 16.5 Å². The number of aryl methyl sites for hydroxylation is 1. The summed E-state index contributed by atoms with van der Waals surface area (Å²) in [6.07, 6.45) is 11.6. The molecule has 0 radical (unpaired) electrons. The lowest BCUT2D eigenvalue weighted by atomic mass is 10.1. The second-order valence-electron chi connectivity index (χ2n) is 5.41. The topological polar surface area (TPSA) is 35.0 Å². The number of thiazole rings is 1. The van der Waals surface area contributed by atoms with Crippen LogP contribution >= 0.6 is 11.3 Å². The summed E-state index contributed by atoms with van der Waals surface area (Å²) >= 11 is 1.63. The van der Waals surface area contributed by atoms with Crippen LogP contribution in [0, 0.1) is 6.92 Å². The summed E-state index contributed by atoms with van der Waals surface area (Å²) in [5, 5.41) is 3.02.